The first-order valence-electron chi connectivity index (χ1n) is 5.64. The second-order valence-corrected chi connectivity index (χ2v) is 4.79. The van der Waals surface area contributed by atoms with Crippen LogP contribution < -0.4 is 0 Å². The Morgan fingerprint density at radius 3 is 1.60 bits per heavy atom. The summed E-state index contributed by atoms with van der Waals surface area (Å²) in [5.74, 6) is 0.361. The maximum Gasteiger partial charge on any atom is 0.224 e. The molecule has 15 heavy (non-hydrogen) atoms. The molecule has 2 aliphatic rings. The summed E-state index contributed by atoms with van der Waals surface area (Å²) < 4.78 is 0. The van der Waals surface area contributed by atoms with E-state index in [0.29, 0.717) is 12.8 Å². The highest BCUT2D eigenvalue weighted by Gasteiger charge is 2.42. The van der Waals surface area contributed by atoms with E-state index in [9.17, 15) is 9.59 Å². The first-order chi connectivity index (χ1) is 7.03. The summed E-state index contributed by atoms with van der Waals surface area (Å²) in [6.45, 7) is 5.52. The molecule has 0 saturated carbocycles. The molecule has 4 heteroatoms. The van der Waals surface area contributed by atoms with Crippen LogP contribution in [0.2, 0.25) is 0 Å². The van der Waals surface area contributed by atoms with Gasteiger partial charge in [-0.1, -0.05) is 0 Å². The van der Waals surface area contributed by atoms with Crippen molar-refractivity contribution in [2.24, 2.45) is 0 Å². The zero-order valence-electron chi connectivity index (χ0n) is 9.45. The van der Waals surface area contributed by atoms with Crippen LogP contribution in [0.4, 0.5) is 0 Å². The Kier molecular flexibility index (Phi) is 2.44. The molecule has 0 radical (unpaired) electrons. The second-order valence-electron chi connectivity index (χ2n) is 4.79. The van der Waals surface area contributed by atoms with Crippen LogP contribution in [0.15, 0.2) is 0 Å². The predicted octanol–water partition coefficient (Wildman–Crippen LogP) is 0.967. The number of hydrogen-bond acceptors (Lipinski definition) is 2. The molecule has 2 aliphatic heterocycles. The van der Waals surface area contributed by atoms with Crippen LogP contribution in [0.5, 0.6) is 0 Å². The molecular formula is C11H18N2O2. The minimum Gasteiger partial charge on any atom is -0.320 e. The van der Waals surface area contributed by atoms with E-state index < -0.39 is 5.66 Å². The molecule has 2 rings (SSSR count). The molecule has 0 aliphatic carbocycles. The second kappa shape index (κ2) is 3.51. The lowest BCUT2D eigenvalue weighted by Crippen LogP contribution is -2.57. The van der Waals surface area contributed by atoms with Gasteiger partial charge in [0.25, 0.3) is 0 Å². The lowest BCUT2D eigenvalue weighted by atomic mass is 10.1. The number of amides is 2. The number of carbonyl (C=O) groups is 2. The van der Waals surface area contributed by atoms with Gasteiger partial charge < -0.3 is 9.80 Å². The zero-order valence-corrected chi connectivity index (χ0v) is 9.45. The molecule has 84 valence electrons. The maximum atomic E-state index is 11.7. The van der Waals surface area contributed by atoms with Crippen molar-refractivity contribution in [3.05, 3.63) is 0 Å². The highest BCUT2D eigenvalue weighted by Crippen LogP contribution is 2.29. The summed E-state index contributed by atoms with van der Waals surface area (Å²) in [6, 6.07) is 0. The Hall–Kier alpha value is -1.06. The van der Waals surface area contributed by atoms with E-state index in [4.69, 9.17) is 0 Å². The van der Waals surface area contributed by atoms with Crippen molar-refractivity contribution in [2.45, 2.75) is 45.2 Å². The molecule has 2 heterocycles. The van der Waals surface area contributed by atoms with Gasteiger partial charge in [-0.05, 0) is 26.7 Å². The molecule has 0 unspecified atom stereocenters. The Morgan fingerprint density at radius 1 is 0.933 bits per heavy atom. The van der Waals surface area contributed by atoms with E-state index in [0.717, 1.165) is 25.9 Å². The molecule has 0 atom stereocenters. The normalized spacial score (nSPS) is 23.1. The quantitative estimate of drug-likeness (QED) is 0.681. The molecule has 2 amide bonds. The molecular weight excluding hydrogens is 192 g/mol. The van der Waals surface area contributed by atoms with Gasteiger partial charge in [0, 0.05) is 25.9 Å². The summed E-state index contributed by atoms with van der Waals surface area (Å²) >= 11 is 0. The minimum atomic E-state index is -0.429. The molecule has 0 aromatic carbocycles. The average Bonchev–Trinajstić information content (AvgIpc) is 2.73. The van der Waals surface area contributed by atoms with Crippen molar-refractivity contribution in [2.75, 3.05) is 13.1 Å². The lowest BCUT2D eigenvalue weighted by Gasteiger charge is -2.42. The molecule has 0 aromatic rings. The van der Waals surface area contributed by atoms with Crippen molar-refractivity contribution < 1.29 is 9.59 Å². The monoisotopic (exact) mass is 210 g/mol. The van der Waals surface area contributed by atoms with Crippen molar-refractivity contribution >= 4 is 11.8 Å². The summed E-state index contributed by atoms with van der Waals surface area (Å²) in [7, 11) is 0. The largest absolute Gasteiger partial charge is 0.320 e. The van der Waals surface area contributed by atoms with Crippen LogP contribution >= 0.6 is 0 Å². The van der Waals surface area contributed by atoms with Crippen molar-refractivity contribution in [3.63, 3.8) is 0 Å². The van der Waals surface area contributed by atoms with Gasteiger partial charge in [-0.15, -0.1) is 0 Å². The first kappa shape index (κ1) is 10.5. The maximum absolute atomic E-state index is 11.7. The topological polar surface area (TPSA) is 40.6 Å². The average molecular weight is 210 g/mol. The van der Waals surface area contributed by atoms with E-state index in [-0.39, 0.29) is 11.8 Å². The van der Waals surface area contributed by atoms with Crippen LogP contribution in [0.25, 0.3) is 0 Å². The summed E-state index contributed by atoms with van der Waals surface area (Å²) in [4.78, 5) is 27.0. The number of rotatable bonds is 2. The van der Waals surface area contributed by atoms with Crippen molar-refractivity contribution in [1.82, 2.24) is 9.80 Å². The highest BCUT2D eigenvalue weighted by atomic mass is 16.2. The fourth-order valence-electron chi connectivity index (χ4n) is 2.60. The predicted molar refractivity (Wildman–Crippen MR) is 56.0 cm³/mol. The van der Waals surface area contributed by atoms with Gasteiger partial charge >= 0.3 is 0 Å². The lowest BCUT2D eigenvalue weighted by molar-refractivity contribution is -0.148. The third-order valence-corrected chi connectivity index (χ3v) is 3.47. The number of likely N-dealkylation sites (tertiary alicyclic amines) is 2. The van der Waals surface area contributed by atoms with E-state index >= 15 is 0 Å². The molecule has 2 saturated heterocycles. The van der Waals surface area contributed by atoms with Crippen molar-refractivity contribution in [3.8, 4) is 0 Å². The van der Waals surface area contributed by atoms with Gasteiger partial charge in [-0.3, -0.25) is 9.59 Å². The van der Waals surface area contributed by atoms with Gasteiger partial charge in [0.05, 0.1) is 0 Å². The SMILES string of the molecule is CC(C)(N1CCCC1=O)N1CCCC1=O. The first-order valence-corrected chi connectivity index (χ1v) is 5.64. The van der Waals surface area contributed by atoms with E-state index in [1.165, 1.54) is 0 Å². The minimum absolute atomic E-state index is 0.180. The molecule has 0 spiro atoms. The van der Waals surface area contributed by atoms with Gasteiger partial charge in [0.15, 0.2) is 0 Å². The van der Waals surface area contributed by atoms with Crippen LogP contribution in [0, 0.1) is 0 Å². The number of hydrogen-bond donors (Lipinski definition) is 0. The fraction of sp³-hybridized carbons (Fsp3) is 0.818. The van der Waals surface area contributed by atoms with Crippen LogP contribution in [-0.2, 0) is 9.59 Å². The Bertz CT molecular complexity index is 271. The van der Waals surface area contributed by atoms with E-state index in [2.05, 4.69) is 0 Å². The molecule has 0 N–H and O–H groups in total. The summed E-state index contributed by atoms with van der Waals surface area (Å²) in [5, 5.41) is 0. The van der Waals surface area contributed by atoms with E-state index in [1.807, 2.05) is 23.6 Å². The van der Waals surface area contributed by atoms with Gasteiger partial charge in [0.1, 0.15) is 5.66 Å². The Morgan fingerprint density at radius 2 is 1.33 bits per heavy atom. The fourth-order valence-corrected chi connectivity index (χ4v) is 2.60. The van der Waals surface area contributed by atoms with Crippen LogP contribution in [0.1, 0.15) is 39.5 Å². The smallest absolute Gasteiger partial charge is 0.224 e. The molecule has 4 nitrogen and oxygen atoms in total. The molecule has 0 aromatic heterocycles. The van der Waals surface area contributed by atoms with E-state index in [1.54, 1.807) is 0 Å². The standard InChI is InChI=1S/C11H18N2O2/c1-11(2,12-7-3-5-9(12)14)13-8-4-6-10(13)15/h3-8H2,1-2H3. The summed E-state index contributed by atoms with van der Waals surface area (Å²) in [5.41, 5.74) is -0.429. The molecule has 0 bridgehead atoms. The Balaban J connectivity index is 2.17. The number of nitrogens with zero attached hydrogens (tertiary/aromatic N) is 2. The van der Waals surface area contributed by atoms with Crippen molar-refractivity contribution in [1.29, 1.82) is 0 Å². The third kappa shape index (κ3) is 1.62. The van der Waals surface area contributed by atoms with Gasteiger partial charge in [0.2, 0.25) is 11.8 Å². The highest BCUT2D eigenvalue weighted by molar-refractivity contribution is 5.82. The third-order valence-electron chi connectivity index (χ3n) is 3.47. The number of carbonyl (C=O) groups excluding carboxylic acids is 2. The van der Waals surface area contributed by atoms with Crippen LogP contribution in [-0.4, -0.2) is 40.4 Å². The van der Waals surface area contributed by atoms with Gasteiger partial charge in [-0.25, -0.2) is 0 Å². The van der Waals surface area contributed by atoms with Crippen LogP contribution in [0.3, 0.4) is 0 Å². The Labute approximate surface area is 90.2 Å². The van der Waals surface area contributed by atoms with Gasteiger partial charge in [-0.2, -0.15) is 0 Å². The molecule has 2 fully saturated rings. The summed E-state index contributed by atoms with van der Waals surface area (Å²) in [6.07, 6.45) is 3.10. The zero-order chi connectivity index (χ0) is 11.1.